The van der Waals surface area contributed by atoms with E-state index >= 15 is 0 Å². The van der Waals surface area contributed by atoms with Crippen molar-refractivity contribution in [1.29, 1.82) is 0 Å². The van der Waals surface area contributed by atoms with Crippen LogP contribution in [-0.2, 0) is 16.6 Å². The second-order valence-corrected chi connectivity index (χ2v) is 7.20. The van der Waals surface area contributed by atoms with E-state index in [0.717, 1.165) is 6.26 Å². The van der Waals surface area contributed by atoms with Crippen LogP contribution in [0.2, 0.25) is 5.02 Å². The largest absolute Gasteiger partial charge is 0.495 e. The van der Waals surface area contributed by atoms with Crippen LogP contribution in [0.4, 0.5) is 5.69 Å². The van der Waals surface area contributed by atoms with Gasteiger partial charge in [0.2, 0.25) is 10.0 Å². The molecule has 0 atom stereocenters. The summed E-state index contributed by atoms with van der Waals surface area (Å²) in [5, 5.41) is 3.16. The lowest BCUT2D eigenvalue weighted by Crippen LogP contribution is -2.22. The zero-order valence-electron chi connectivity index (χ0n) is 13.0. The molecule has 0 aliphatic heterocycles. The van der Waals surface area contributed by atoms with E-state index in [0.29, 0.717) is 27.7 Å². The van der Waals surface area contributed by atoms with E-state index in [9.17, 15) is 13.2 Å². The van der Waals surface area contributed by atoms with Gasteiger partial charge in [0, 0.05) is 16.8 Å². The summed E-state index contributed by atoms with van der Waals surface area (Å²) in [6, 6.07) is 7.90. The SMILES string of the molecule is COc1ccc(Cl)cc1NC(=O)c1ccnc(CNS(C)(=O)=O)c1. The molecular weight excluding hydrogens is 354 g/mol. The second kappa shape index (κ2) is 7.61. The Morgan fingerprint density at radius 1 is 1.29 bits per heavy atom. The van der Waals surface area contributed by atoms with E-state index in [2.05, 4.69) is 15.0 Å². The fourth-order valence-electron chi connectivity index (χ4n) is 1.89. The zero-order chi connectivity index (χ0) is 17.7. The molecule has 0 bridgehead atoms. The number of ether oxygens (including phenoxy) is 1. The summed E-state index contributed by atoms with van der Waals surface area (Å²) in [6.45, 7) is 0.000436. The van der Waals surface area contributed by atoms with Gasteiger partial charge in [-0.3, -0.25) is 9.78 Å². The number of pyridine rings is 1. The van der Waals surface area contributed by atoms with Crippen molar-refractivity contribution in [2.24, 2.45) is 0 Å². The Bertz CT molecular complexity index is 856. The number of hydrogen-bond donors (Lipinski definition) is 2. The summed E-state index contributed by atoms with van der Waals surface area (Å²) >= 11 is 5.93. The number of nitrogens with one attached hydrogen (secondary N) is 2. The van der Waals surface area contributed by atoms with Crippen molar-refractivity contribution >= 4 is 33.2 Å². The smallest absolute Gasteiger partial charge is 0.255 e. The topological polar surface area (TPSA) is 97.4 Å². The highest BCUT2D eigenvalue weighted by Gasteiger charge is 2.12. The summed E-state index contributed by atoms with van der Waals surface area (Å²) in [5.74, 6) is 0.0827. The Morgan fingerprint density at radius 3 is 2.71 bits per heavy atom. The summed E-state index contributed by atoms with van der Waals surface area (Å²) in [7, 11) is -1.85. The first-order valence-corrected chi connectivity index (χ1v) is 9.10. The molecule has 0 fully saturated rings. The van der Waals surface area contributed by atoms with Crippen LogP contribution in [0.25, 0.3) is 0 Å². The minimum atomic E-state index is -3.34. The molecule has 7 nitrogen and oxygen atoms in total. The zero-order valence-corrected chi connectivity index (χ0v) is 14.6. The second-order valence-electron chi connectivity index (χ2n) is 4.93. The molecular formula is C15H16ClN3O4S. The van der Waals surface area contributed by atoms with Gasteiger partial charge in [0.15, 0.2) is 0 Å². The molecule has 0 saturated heterocycles. The summed E-state index contributed by atoms with van der Waals surface area (Å²) < 4.78 is 29.7. The van der Waals surface area contributed by atoms with Crippen molar-refractivity contribution in [3.63, 3.8) is 0 Å². The molecule has 2 aromatic rings. The molecule has 0 spiro atoms. The highest BCUT2D eigenvalue weighted by Crippen LogP contribution is 2.28. The first kappa shape index (κ1) is 18.2. The summed E-state index contributed by atoms with van der Waals surface area (Å²) in [5.41, 5.74) is 1.19. The number of carbonyl (C=O) groups excluding carboxylic acids is 1. The number of rotatable bonds is 6. The maximum Gasteiger partial charge on any atom is 0.255 e. The van der Waals surface area contributed by atoms with E-state index < -0.39 is 15.9 Å². The van der Waals surface area contributed by atoms with Crippen molar-refractivity contribution < 1.29 is 17.9 Å². The van der Waals surface area contributed by atoms with Crippen LogP contribution in [0.5, 0.6) is 5.75 Å². The average Bonchev–Trinajstić information content (AvgIpc) is 2.53. The predicted molar refractivity (Wildman–Crippen MR) is 91.9 cm³/mol. The molecule has 128 valence electrons. The number of halogens is 1. The minimum absolute atomic E-state index is 0.000436. The molecule has 2 N–H and O–H groups in total. The van der Waals surface area contributed by atoms with Gasteiger partial charge < -0.3 is 10.1 Å². The van der Waals surface area contributed by atoms with Crippen LogP contribution in [-0.4, -0.2) is 32.7 Å². The van der Waals surface area contributed by atoms with Crippen molar-refractivity contribution in [3.8, 4) is 5.75 Å². The maximum atomic E-state index is 12.4. The van der Waals surface area contributed by atoms with Crippen molar-refractivity contribution in [2.45, 2.75) is 6.54 Å². The normalized spacial score (nSPS) is 11.1. The molecule has 0 aliphatic rings. The minimum Gasteiger partial charge on any atom is -0.495 e. The fraction of sp³-hybridized carbons (Fsp3) is 0.200. The third-order valence-corrected chi connectivity index (χ3v) is 3.91. The Labute approximate surface area is 145 Å². The van der Waals surface area contributed by atoms with E-state index in [1.54, 1.807) is 18.2 Å². The van der Waals surface area contributed by atoms with Gasteiger partial charge in [0.25, 0.3) is 5.91 Å². The first-order chi connectivity index (χ1) is 11.3. The molecule has 0 unspecified atom stereocenters. The highest BCUT2D eigenvalue weighted by molar-refractivity contribution is 7.88. The number of carbonyl (C=O) groups is 1. The molecule has 1 heterocycles. The summed E-state index contributed by atoms with van der Waals surface area (Å²) in [4.78, 5) is 16.4. The average molecular weight is 370 g/mol. The number of nitrogens with zero attached hydrogens (tertiary/aromatic N) is 1. The number of benzene rings is 1. The number of sulfonamides is 1. The molecule has 9 heteroatoms. The molecule has 1 amide bonds. The molecule has 1 aromatic heterocycles. The van der Waals surface area contributed by atoms with E-state index in [1.807, 2.05) is 0 Å². The van der Waals surface area contributed by atoms with E-state index in [1.165, 1.54) is 25.4 Å². The third kappa shape index (κ3) is 5.19. The Balaban J connectivity index is 2.17. The fourth-order valence-corrected chi connectivity index (χ4v) is 2.48. The van der Waals surface area contributed by atoms with Gasteiger partial charge in [0.1, 0.15) is 5.75 Å². The van der Waals surface area contributed by atoms with Gasteiger partial charge in [-0.05, 0) is 30.3 Å². The number of aromatic nitrogens is 1. The van der Waals surface area contributed by atoms with Crippen LogP contribution < -0.4 is 14.8 Å². The Morgan fingerprint density at radius 2 is 2.04 bits per heavy atom. The van der Waals surface area contributed by atoms with Gasteiger partial charge in [0.05, 0.1) is 31.3 Å². The predicted octanol–water partition coefficient (Wildman–Crippen LogP) is 2.05. The van der Waals surface area contributed by atoms with Crippen LogP contribution in [0.1, 0.15) is 16.1 Å². The number of methoxy groups -OCH3 is 1. The van der Waals surface area contributed by atoms with Gasteiger partial charge in [-0.2, -0.15) is 0 Å². The van der Waals surface area contributed by atoms with Crippen LogP contribution in [0.3, 0.4) is 0 Å². The van der Waals surface area contributed by atoms with E-state index in [-0.39, 0.29) is 6.54 Å². The first-order valence-electron chi connectivity index (χ1n) is 6.83. The molecule has 2 rings (SSSR count). The van der Waals surface area contributed by atoms with Crippen molar-refractivity contribution in [3.05, 3.63) is 52.8 Å². The van der Waals surface area contributed by atoms with Gasteiger partial charge in [-0.1, -0.05) is 11.6 Å². The molecule has 0 aliphatic carbocycles. The molecule has 24 heavy (non-hydrogen) atoms. The lowest BCUT2D eigenvalue weighted by atomic mass is 10.2. The summed E-state index contributed by atoms with van der Waals surface area (Å²) in [6.07, 6.45) is 2.48. The van der Waals surface area contributed by atoms with Crippen LogP contribution in [0.15, 0.2) is 36.5 Å². The molecule has 1 aromatic carbocycles. The lowest BCUT2D eigenvalue weighted by Gasteiger charge is -2.11. The number of anilines is 1. The van der Waals surface area contributed by atoms with Crippen LogP contribution >= 0.6 is 11.6 Å². The maximum absolute atomic E-state index is 12.4. The Hall–Kier alpha value is -2.16. The lowest BCUT2D eigenvalue weighted by molar-refractivity contribution is 0.102. The quantitative estimate of drug-likeness (QED) is 0.812. The van der Waals surface area contributed by atoms with Crippen molar-refractivity contribution in [2.75, 3.05) is 18.7 Å². The number of amides is 1. The standard InChI is InChI=1S/C15H16ClN3O4S/c1-23-14-4-3-11(16)8-13(14)19-15(20)10-5-6-17-12(7-10)9-18-24(2,21)22/h3-8,18H,9H2,1-2H3,(H,19,20). The molecule has 0 saturated carbocycles. The van der Waals surface area contributed by atoms with E-state index in [4.69, 9.17) is 16.3 Å². The van der Waals surface area contributed by atoms with Crippen LogP contribution in [0, 0.1) is 0 Å². The Kier molecular flexibility index (Phi) is 5.76. The molecule has 0 radical (unpaired) electrons. The van der Waals surface area contributed by atoms with Gasteiger partial charge in [-0.15, -0.1) is 0 Å². The third-order valence-electron chi connectivity index (χ3n) is 3.00. The van der Waals surface area contributed by atoms with Crippen molar-refractivity contribution in [1.82, 2.24) is 9.71 Å². The monoisotopic (exact) mass is 369 g/mol. The highest BCUT2D eigenvalue weighted by atomic mass is 35.5. The van der Waals surface area contributed by atoms with Gasteiger partial charge in [-0.25, -0.2) is 13.1 Å². The van der Waals surface area contributed by atoms with Gasteiger partial charge >= 0.3 is 0 Å². The number of hydrogen-bond acceptors (Lipinski definition) is 5.